The van der Waals surface area contributed by atoms with Gasteiger partial charge in [-0.25, -0.2) is 0 Å². The lowest BCUT2D eigenvalue weighted by molar-refractivity contribution is 0.175. The first-order valence-electron chi connectivity index (χ1n) is 6.63. The fourth-order valence-electron chi connectivity index (χ4n) is 2.73. The summed E-state index contributed by atoms with van der Waals surface area (Å²) in [6.07, 6.45) is 8.73. The zero-order valence-electron chi connectivity index (χ0n) is 11.1. The van der Waals surface area contributed by atoms with Gasteiger partial charge < -0.3 is 10.6 Å². The Bertz CT molecular complexity index is 187. The molecule has 96 valence electrons. The van der Waals surface area contributed by atoms with E-state index in [-0.39, 0.29) is 0 Å². The number of hydrogen-bond acceptors (Lipinski definition) is 3. The topological polar surface area (TPSA) is 29.3 Å². The van der Waals surface area contributed by atoms with Crippen LogP contribution in [0.4, 0.5) is 0 Å². The van der Waals surface area contributed by atoms with Crippen LogP contribution in [0.5, 0.6) is 0 Å². The molecule has 0 aromatic carbocycles. The van der Waals surface area contributed by atoms with E-state index < -0.39 is 0 Å². The zero-order valence-corrected chi connectivity index (χ0v) is 11.9. The van der Waals surface area contributed by atoms with Gasteiger partial charge in [0.15, 0.2) is 0 Å². The summed E-state index contributed by atoms with van der Waals surface area (Å²) in [5.74, 6) is 1.98. The Labute approximate surface area is 105 Å². The van der Waals surface area contributed by atoms with Crippen molar-refractivity contribution in [1.82, 2.24) is 4.90 Å². The summed E-state index contributed by atoms with van der Waals surface area (Å²) in [6, 6.07) is 1.17. The van der Waals surface area contributed by atoms with Gasteiger partial charge in [0.25, 0.3) is 0 Å². The second-order valence-corrected chi connectivity index (χ2v) is 6.08. The summed E-state index contributed by atoms with van der Waals surface area (Å²) in [5.41, 5.74) is 6.21. The Kier molecular flexibility index (Phi) is 6.78. The minimum atomic E-state index is 0.447. The van der Waals surface area contributed by atoms with Gasteiger partial charge in [0.05, 0.1) is 0 Å². The van der Waals surface area contributed by atoms with Crippen molar-refractivity contribution in [3.63, 3.8) is 0 Å². The SMILES string of the molecule is CCC(CSC)N(C)CC1CCCCC1N. The molecule has 16 heavy (non-hydrogen) atoms. The Balaban J connectivity index is 2.38. The summed E-state index contributed by atoms with van der Waals surface area (Å²) >= 11 is 1.95. The third-order valence-corrected chi connectivity index (χ3v) is 4.66. The largest absolute Gasteiger partial charge is 0.327 e. The van der Waals surface area contributed by atoms with Crippen molar-refractivity contribution in [1.29, 1.82) is 0 Å². The van der Waals surface area contributed by atoms with Crippen molar-refractivity contribution in [2.75, 3.05) is 25.6 Å². The molecule has 0 heterocycles. The first-order valence-corrected chi connectivity index (χ1v) is 8.03. The van der Waals surface area contributed by atoms with Crippen LogP contribution in [0.1, 0.15) is 39.0 Å². The third-order valence-electron chi connectivity index (χ3n) is 3.94. The molecule has 3 heteroatoms. The predicted octanol–water partition coefficient (Wildman–Crippen LogP) is 2.58. The van der Waals surface area contributed by atoms with Crippen LogP contribution < -0.4 is 5.73 Å². The van der Waals surface area contributed by atoms with Crippen LogP contribution in [-0.4, -0.2) is 42.6 Å². The van der Waals surface area contributed by atoms with Crippen molar-refractivity contribution >= 4 is 11.8 Å². The molecular formula is C13H28N2S. The molecule has 0 bridgehead atoms. The molecule has 0 amide bonds. The Morgan fingerprint density at radius 3 is 2.62 bits per heavy atom. The van der Waals surface area contributed by atoms with E-state index in [1.807, 2.05) is 11.8 Å². The fourth-order valence-corrected chi connectivity index (χ4v) is 3.61. The molecule has 1 aliphatic carbocycles. The lowest BCUT2D eigenvalue weighted by Gasteiger charge is -2.35. The molecule has 3 unspecified atom stereocenters. The van der Waals surface area contributed by atoms with Gasteiger partial charge in [-0.1, -0.05) is 19.8 Å². The number of thioether (sulfide) groups is 1. The quantitative estimate of drug-likeness (QED) is 0.779. The maximum Gasteiger partial charge on any atom is 0.0180 e. The van der Waals surface area contributed by atoms with Crippen LogP contribution in [0.15, 0.2) is 0 Å². The van der Waals surface area contributed by atoms with Gasteiger partial charge in [0, 0.05) is 24.4 Å². The van der Waals surface area contributed by atoms with E-state index in [1.54, 1.807) is 0 Å². The monoisotopic (exact) mass is 244 g/mol. The summed E-state index contributed by atoms with van der Waals surface area (Å²) < 4.78 is 0. The molecule has 0 spiro atoms. The van der Waals surface area contributed by atoms with Crippen LogP contribution in [0.2, 0.25) is 0 Å². The molecule has 1 saturated carbocycles. The Morgan fingerprint density at radius 2 is 2.06 bits per heavy atom. The Hall–Kier alpha value is 0.270. The number of hydrogen-bond donors (Lipinski definition) is 1. The van der Waals surface area contributed by atoms with Gasteiger partial charge in [0.1, 0.15) is 0 Å². The zero-order chi connectivity index (χ0) is 12.0. The molecule has 1 fully saturated rings. The lowest BCUT2D eigenvalue weighted by Crippen LogP contribution is -2.43. The molecule has 3 atom stereocenters. The third kappa shape index (κ3) is 4.27. The second kappa shape index (κ2) is 7.57. The summed E-state index contributed by atoms with van der Waals surface area (Å²) in [6.45, 7) is 3.48. The highest BCUT2D eigenvalue weighted by Gasteiger charge is 2.24. The van der Waals surface area contributed by atoms with Crippen LogP contribution in [0.25, 0.3) is 0 Å². The molecule has 1 aliphatic rings. The van der Waals surface area contributed by atoms with E-state index in [1.165, 1.54) is 44.4 Å². The molecule has 0 radical (unpaired) electrons. The average Bonchev–Trinajstić information content (AvgIpc) is 2.29. The van der Waals surface area contributed by atoms with Crippen molar-refractivity contribution < 1.29 is 0 Å². The lowest BCUT2D eigenvalue weighted by atomic mass is 9.84. The van der Waals surface area contributed by atoms with E-state index in [0.717, 1.165) is 12.0 Å². The van der Waals surface area contributed by atoms with Crippen molar-refractivity contribution in [3.05, 3.63) is 0 Å². The summed E-state index contributed by atoms with van der Waals surface area (Å²) in [4.78, 5) is 2.53. The predicted molar refractivity (Wildman–Crippen MR) is 75.0 cm³/mol. The van der Waals surface area contributed by atoms with Gasteiger partial charge in [-0.2, -0.15) is 11.8 Å². The van der Waals surface area contributed by atoms with Crippen LogP contribution in [-0.2, 0) is 0 Å². The van der Waals surface area contributed by atoms with Gasteiger partial charge in [-0.05, 0) is 38.5 Å². The minimum Gasteiger partial charge on any atom is -0.327 e. The maximum absolute atomic E-state index is 6.21. The molecule has 2 nitrogen and oxygen atoms in total. The highest BCUT2D eigenvalue weighted by atomic mass is 32.2. The molecular weight excluding hydrogens is 216 g/mol. The highest BCUT2D eigenvalue weighted by molar-refractivity contribution is 7.98. The smallest absolute Gasteiger partial charge is 0.0180 e. The summed E-state index contributed by atoms with van der Waals surface area (Å²) in [5, 5.41) is 0. The van der Waals surface area contributed by atoms with Crippen molar-refractivity contribution in [2.45, 2.75) is 51.1 Å². The van der Waals surface area contributed by atoms with E-state index >= 15 is 0 Å². The molecule has 2 N–H and O–H groups in total. The van der Waals surface area contributed by atoms with E-state index in [2.05, 4.69) is 25.1 Å². The van der Waals surface area contributed by atoms with Gasteiger partial charge in [-0.15, -0.1) is 0 Å². The fraction of sp³-hybridized carbons (Fsp3) is 1.00. The second-order valence-electron chi connectivity index (χ2n) is 5.17. The van der Waals surface area contributed by atoms with Crippen LogP contribution in [0, 0.1) is 5.92 Å². The number of nitrogens with two attached hydrogens (primary N) is 1. The van der Waals surface area contributed by atoms with E-state index in [4.69, 9.17) is 5.73 Å². The molecule has 1 rings (SSSR count). The van der Waals surface area contributed by atoms with Crippen LogP contribution >= 0.6 is 11.8 Å². The van der Waals surface area contributed by atoms with Crippen LogP contribution in [0.3, 0.4) is 0 Å². The van der Waals surface area contributed by atoms with Crippen molar-refractivity contribution in [2.24, 2.45) is 11.7 Å². The van der Waals surface area contributed by atoms with Gasteiger partial charge in [0.2, 0.25) is 0 Å². The minimum absolute atomic E-state index is 0.447. The highest BCUT2D eigenvalue weighted by Crippen LogP contribution is 2.24. The number of nitrogens with zero attached hydrogens (tertiary/aromatic N) is 1. The summed E-state index contributed by atoms with van der Waals surface area (Å²) in [7, 11) is 2.27. The van der Waals surface area contributed by atoms with Gasteiger partial charge >= 0.3 is 0 Å². The maximum atomic E-state index is 6.21. The average molecular weight is 244 g/mol. The first-order chi connectivity index (χ1) is 7.69. The molecule has 0 aliphatic heterocycles. The Morgan fingerprint density at radius 1 is 1.38 bits per heavy atom. The van der Waals surface area contributed by atoms with Gasteiger partial charge in [-0.3, -0.25) is 0 Å². The standard InChI is InChI=1S/C13H28N2S/c1-4-12(10-16-3)15(2)9-11-7-5-6-8-13(11)14/h11-13H,4-10,14H2,1-3H3. The first kappa shape index (κ1) is 14.3. The van der Waals surface area contributed by atoms with E-state index in [0.29, 0.717) is 6.04 Å². The van der Waals surface area contributed by atoms with E-state index in [9.17, 15) is 0 Å². The molecule has 0 aromatic heterocycles. The molecule has 0 saturated heterocycles. The number of rotatable bonds is 6. The molecule has 0 aromatic rings. The normalized spacial score (nSPS) is 28.3. The van der Waals surface area contributed by atoms with Crippen molar-refractivity contribution in [3.8, 4) is 0 Å².